The predicted molar refractivity (Wildman–Crippen MR) is 105 cm³/mol. The van der Waals surface area contributed by atoms with Crippen molar-refractivity contribution < 1.29 is 31.8 Å². The maximum absolute atomic E-state index is 13.9. The lowest BCUT2D eigenvalue weighted by Crippen LogP contribution is -2.18. The number of rotatable bonds is 7. The number of sulfone groups is 1. The fraction of sp³-hybridized carbons (Fsp3) is 0.350. The quantitative estimate of drug-likeness (QED) is 0.736. The fourth-order valence-corrected chi connectivity index (χ4v) is 4.83. The minimum atomic E-state index is -3.62. The lowest BCUT2D eigenvalue weighted by Gasteiger charge is -2.14. The molecular formula is C20H22FNO6S. The average Bonchev–Trinajstić information content (AvgIpc) is 3.20. The monoisotopic (exact) mass is 423 g/mol. The summed E-state index contributed by atoms with van der Waals surface area (Å²) in [5, 5.41) is 2.55. The molecule has 0 spiro atoms. The molecule has 9 heteroatoms. The van der Waals surface area contributed by atoms with E-state index in [1.54, 1.807) is 0 Å². The minimum Gasteiger partial charge on any atom is -0.496 e. The van der Waals surface area contributed by atoms with E-state index in [0.717, 1.165) is 0 Å². The molecule has 1 heterocycles. The van der Waals surface area contributed by atoms with Crippen LogP contribution in [0.5, 0.6) is 11.5 Å². The van der Waals surface area contributed by atoms with Crippen LogP contribution in [0.15, 0.2) is 41.3 Å². The molecule has 7 nitrogen and oxygen atoms in total. The van der Waals surface area contributed by atoms with Crippen molar-refractivity contribution in [3.8, 4) is 11.5 Å². The summed E-state index contributed by atoms with van der Waals surface area (Å²) in [6.45, 7) is 0.952. The first-order valence-electron chi connectivity index (χ1n) is 8.98. The molecule has 1 fully saturated rings. The third-order valence-corrected chi connectivity index (χ3v) is 6.56. The summed E-state index contributed by atoms with van der Waals surface area (Å²) in [5.74, 6) is -1.33. The van der Waals surface area contributed by atoms with Gasteiger partial charge >= 0.3 is 0 Å². The molecule has 1 N–H and O–H groups in total. The number of anilines is 1. The van der Waals surface area contributed by atoms with Crippen LogP contribution in [0.4, 0.5) is 10.1 Å². The summed E-state index contributed by atoms with van der Waals surface area (Å²) in [6, 6.07) is 8.21. The van der Waals surface area contributed by atoms with Gasteiger partial charge in [-0.25, -0.2) is 12.8 Å². The van der Waals surface area contributed by atoms with E-state index in [9.17, 15) is 17.6 Å². The highest BCUT2D eigenvalue weighted by Crippen LogP contribution is 2.30. The number of benzene rings is 2. The number of methoxy groups -OCH3 is 2. The van der Waals surface area contributed by atoms with E-state index >= 15 is 0 Å². The molecule has 0 aliphatic carbocycles. The summed E-state index contributed by atoms with van der Waals surface area (Å²) < 4.78 is 54.9. The van der Waals surface area contributed by atoms with Gasteiger partial charge in [0.1, 0.15) is 5.75 Å². The zero-order chi connectivity index (χ0) is 21.0. The summed E-state index contributed by atoms with van der Waals surface area (Å²) in [4.78, 5) is 12.8. The molecule has 0 radical (unpaired) electrons. The van der Waals surface area contributed by atoms with Crippen LogP contribution in [0.3, 0.4) is 0 Å². The van der Waals surface area contributed by atoms with Crippen molar-refractivity contribution in [1.29, 1.82) is 0 Å². The molecule has 1 saturated heterocycles. The lowest BCUT2D eigenvalue weighted by atomic mass is 10.1. The Labute approximate surface area is 168 Å². The lowest BCUT2D eigenvalue weighted by molar-refractivity contribution is 0.102. The van der Waals surface area contributed by atoms with Crippen molar-refractivity contribution in [2.75, 3.05) is 38.5 Å². The number of carbonyl (C=O) groups is 1. The highest BCUT2D eigenvalue weighted by Gasteiger charge is 2.26. The third-order valence-electron chi connectivity index (χ3n) is 4.67. The van der Waals surface area contributed by atoms with Gasteiger partial charge in [0.25, 0.3) is 5.91 Å². The molecular weight excluding hydrogens is 401 g/mol. The van der Waals surface area contributed by atoms with Crippen LogP contribution in [0.2, 0.25) is 0 Å². The van der Waals surface area contributed by atoms with Gasteiger partial charge in [-0.05, 0) is 42.7 Å². The van der Waals surface area contributed by atoms with Gasteiger partial charge < -0.3 is 19.5 Å². The standard InChI is InChI=1S/C20H22FNO6S/c1-26-18-7-6-14(29(24,25)12-13-8-9-28-11-13)10-15(18)20(23)22-17-5-3-4-16(21)19(17)27-2/h3-7,10,13H,8-9,11-12H2,1-2H3,(H,22,23)/t13-/m0/s1. The first kappa shape index (κ1) is 21.1. The van der Waals surface area contributed by atoms with E-state index in [-0.39, 0.29) is 39.3 Å². The van der Waals surface area contributed by atoms with Gasteiger partial charge in [-0.3, -0.25) is 4.79 Å². The molecule has 0 aromatic heterocycles. The Balaban J connectivity index is 1.91. The van der Waals surface area contributed by atoms with Crippen molar-refractivity contribution in [2.45, 2.75) is 11.3 Å². The largest absolute Gasteiger partial charge is 0.496 e. The first-order valence-corrected chi connectivity index (χ1v) is 10.6. The normalized spacial score (nSPS) is 16.4. The van der Waals surface area contributed by atoms with Gasteiger partial charge in [0, 0.05) is 6.61 Å². The second kappa shape index (κ2) is 8.79. The molecule has 1 amide bonds. The maximum atomic E-state index is 13.9. The van der Waals surface area contributed by atoms with Gasteiger partial charge in [0.05, 0.1) is 42.7 Å². The highest BCUT2D eigenvalue weighted by molar-refractivity contribution is 7.91. The molecule has 2 aromatic carbocycles. The van der Waals surface area contributed by atoms with Crippen molar-refractivity contribution in [3.05, 3.63) is 47.8 Å². The van der Waals surface area contributed by atoms with Crippen LogP contribution in [0, 0.1) is 11.7 Å². The van der Waals surface area contributed by atoms with Crippen molar-refractivity contribution in [3.63, 3.8) is 0 Å². The molecule has 29 heavy (non-hydrogen) atoms. The van der Waals surface area contributed by atoms with Crippen molar-refractivity contribution >= 4 is 21.4 Å². The average molecular weight is 423 g/mol. The first-order chi connectivity index (χ1) is 13.9. The highest BCUT2D eigenvalue weighted by atomic mass is 32.2. The second-order valence-corrected chi connectivity index (χ2v) is 8.68. The van der Waals surface area contributed by atoms with Gasteiger partial charge in [-0.2, -0.15) is 0 Å². The molecule has 1 atom stereocenters. The fourth-order valence-electron chi connectivity index (χ4n) is 3.18. The maximum Gasteiger partial charge on any atom is 0.259 e. The van der Waals surface area contributed by atoms with Gasteiger partial charge in [-0.1, -0.05) is 6.07 Å². The number of hydrogen-bond donors (Lipinski definition) is 1. The summed E-state index contributed by atoms with van der Waals surface area (Å²) in [7, 11) is -0.957. The van der Waals surface area contributed by atoms with Crippen LogP contribution < -0.4 is 14.8 Å². The van der Waals surface area contributed by atoms with E-state index in [1.165, 1.54) is 50.6 Å². The Bertz CT molecular complexity index is 1000. The van der Waals surface area contributed by atoms with Crippen molar-refractivity contribution in [2.24, 2.45) is 5.92 Å². The van der Waals surface area contributed by atoms with Crippen molar-refractivity contribution in [1.82, 2.24) is 0 Å². The summed E-state index contributed by atoms with van der Waals surface area (Å²) in [5.41, 5.74) is 0.137. The molecule has 0 unspecified atom stereocenters. The number of halogens is 1. The van der Waals surface area contributed by atoms with Gasteiger partial charge in [0.15, 0.2) is 21.4 Å². The minimum absolute atomic E-state index is 0.0153. The van der Waals surface area contributed by atoms with Crippen LogP contribution in [0.1, 0.15) is 16.8 Å². The number of carbonyl (C=O) groups excluding carboxylic acids is 1. The van der Waals surface area contributed by atoms with Crippen LogP contribution >= 0.6 is 0 Å². The number of amides is 1. The summed E-state index contributed by atoms with van der Waals surface area (Å²) in [6.07, 6.45) is 0.683. The Hall–Kier alpha value is -2.65. The van der Waals surface area contributed by atoms with E-state index in [2.05, 4.69) is 5.32 Å². The van der Waals surface area contributed by atoms with E-state index in [0.29, 0.717) is 19.6 Å². The number of ether oxygens (including phenoxy) is 3. The smallest absolute Gasteiger partial charge is 0.259 e. The molecule has 1 aliphatic heterocycles. The van der Waals surface area contributed by atoms with E-state index < -0.39 is 21.6 Å². The van der Waals surface area contributed by atoms with E-state index in [4.69, 9.17) is 14.2 Å². The molecule has 156 valence electrons. The zero-order valence-corrected chi connectivity index (χ0v) is 16.9. The van der Waals surface area contributed by atoms with Gasteiger partial charge in [-0.15, -0.1) is 0 Å². The molecule has 0 bridgehead atoms. The molecule has 3 rings (SSSR count). The molecule has 2 aromatic rings. The Morgan fingerprint density at radius 3 is 2.69 bits per heavy atom. The predicted octanol–water partition coefficient (Wildman–Crippen LogP) is 2.91. The van der Waals surface area contributed by atoms with Crippen LogP contribution in [-0.2, 0) is 14.6 Å². The molecule has 0 saturated carbocycles. The number of para-hydroxylation sites is 1. The SMILES string of the molecule is COc1ccc(S(=O)(=O)C[C@H]2CCOC2)cc1C(=O)Nc1cccc(F)c1OC. The Kier molecular flexibility index (Phi) is 6.39. The topological polar surface area (TPSA) is 90.9 Å². The summed E-state index contributed by atoms with van der Waals surface area (Å²) >= 11 is 0. The third kappa shape index (κ3) is 4.68. The van der Waals surface area contributed by atoms with Crippen LogP contribution in [0.25, 0.3) is 0 Å². The zero-order valence-electron chi connectivity index (χ0n) is 16.1. The number of nitrogens with one attached hydrogen (secondary N) is 1. The Morgan fingerprint density at radius 1 is 1.24 bits per heavy atom. The molecule has 1 aliphatic rings. The van der Waals surface area contributed by atoms with E-state index in [1.807, 2.05) is 0 Å². The number of hydrogen-bond acceptors (Lipinski definition) is 6. The second-order valence-electron chi connectivity index (χ2n) is 6.65. The Morgan fingerprint density at radius 2 is 2.03 bits per heavy atom. The van der Waals surface area contributed by atoms with Gasteiger partial charge in [0.2, 0.25) is 0 Å². The van der Waals surface area contributed by atoms with Crippen LogP contribution in [-0.4, -0.2) is 47.5 Å².